The summed E-state index contributed by atoms with van der Waals surface area (Å²) in [5, 5.41) is 3.96. The van der Waals surface area contributed by atoms with Crippen molar-refractivity contribution in [3.8, 4) is 0 Å². The van der Waals surface area contributed by atoms with Crippen molar-refractivity contribution in [2.75, 3.05) is 7.11 Å². The monoisotopic (exact) mass is 255 g/mol. The van der Waals surface area contributed by atoms with Crippen molar-refractivity contribution in [2.45, 2.75) is 12.5 Å². The maximum Gasteiger partial charge on any atom is 0.322 e. The van der Waals surface area contributed by atoms with Crippen molar-refractivity contribution >= 4 is 30.8 Å². The zero-order valence-electron chi connectivity index (χ0n) is 8.54. The van der Waals surface area contributed by atoms with Gasteiger partial charge in [-0.25, -0.2) is 0 Å². The Morgan fingerprint density at radius 3 is 2.67 bits per heavy atom. The largest absolute Gasteiger partial charge is 0.468 e. The second-order valence-electron chi connectivity index (χ2n) is 2.86. The molecular weight excluding hydrogens is 241 g/mol. The Morgan fingerprint density at radius 2 is 2.27 bits per heavy atom. The van der Waals surface area contributed by atoms with Gasteiger partial charge in [0, 0.05) is 19.7 Å². The molecule has 0 spiro atoms. The van der Waals surface area contributed by atoms with Gasteiger partial charge in [-0.15, -0.1) is 24.8 Å². The van der Waals surface area contributed by atoms with Gasteiger partial charge < -0.3 is 10.5 Å². The van der Waals surface area contributed by atoms with Gasteiger partial charge in [0.05, 0.1) is 13.3 Å². The molecule has 0 fully saturated rings. The standard InChI is InChI=1S/C8H13N3O2.2ClH/c1-11-5-6(4-10-11)3-7(9)8(12)13-2;;/h4-5,7H,3,9H2,1-2H3;2*1H. The summed E-state index contributed by atoms with van der Waals surface area (Å²) < 4.78 is 6.17. The van der Waals surface area contributed by atoms with Crippen LogP contribution in [0.3, 0.4) is 0 Å². The minimum absolute atomic E-state index is 0. The van der Waals surface area contributed by atoms with Crippen LogP contribution in [0.1, 0.15) is 5.56 Å². The number of carbonyl (C=O) groups excluding carboxylic acids is 1. The highest BCUT2D eigenvalue weighted by atomic mass is 35.5. The molecule has 0 radical (unpaired) electrons. The fraction of sp³-hybridized carbons (Fsp3) is 0.500. The number of rotatable bonds is 3. The van der Waals surface area contributed by atoms with Crippen molar-refractivity contribution in [3.63, 3.8) is 0 Å². The molecule has 0 aliphatic carbocycles. The normalized spacial score (nSPS) is 10.9. The predicted octanol–water partition coefficient (Wildman–Crippen LogP) is 0.306. The van der Waals surface area contributed by atoms with Gasteiger partial charge in [0.1, 0.15) is 6.04 Å². The second-order valence-corrected chi connectivity index (χ2v) is 2.86. The molecule has 1 unspecified atom stereocenters. The molecule has 1 atom stereocenters. The van der Waals surface area contributed by atoms with Crippen LogP contribution < -0.4 is 5.73 Å². The SMILES string of the molecule is COC(=O)C(N)Cc1cnn(C)c1.Cl.Cl. The Kier molecular flexibility index (Phi) is 8.33. The second kappa shape index (κ2) is 7.50. The van der Waals surface area contributed by atoms with E-state index in [2.05, 4.69) is 9.84 Å². The third-order valence-electron chi connectivity index (χ3n) is 1.72. The average Bonchev–Trinajstić information content (AvgIpc) is 2.49. The first kappa shape index (κ1) is 16.6. The van der Waals surface area contributed by atoms with Crippen LogP contribution in [-0.4, -0.2) is 28.9 Å². The molecule has 0 saturated heterocycles. The summed E-state index contributed by atoms with van der Waals surface area (Å²) in [6, 6.07) is -0.603. The molecule has 0 bridgehead atoms. The van der Waals surface area contributed by atoms with Gasteiger partial charge in [-0.05, 0) is 5.56 Å². The number of aryl methyl sites for hydroxylation is 1. The quantitative estimate of drug-likeness (QED) is 0.790. The Bertz CT molecular complexity index is 304. The number of nitrogens with two attached hydrogens (primary N) is 1. The van der Waals surface area contributed by atoms with Crippen LogP contribution in [-0.2, 0) is 23.0 Å². The Balaban J connectivity index is 0. The molecule has 1 aromatic heterocycles. The molecule has 2 N–H and O–H groups in total. The van der Waals surface area contributed by atoms with Crippen LogP contribution in [0, 0.1) is 0 Å². The van der Waals surface area contributed by atoms with Gasteiger partial charge in [0.2, 0.25) is 0 Å². The summed E-state index contributed by atoms with van der Waals surface area (Å²) in [5.74, 6) is -0.399. The molecule has 1 aromatic rings. The van der Waals surface area contributed by atoms with E-state index in [4.69, 9.17) is 5.73 Å². The number of hydrogen-bond acceptors (Lipinski definition) is 4. The first-order valence-electron chi connectivity index (χ1n) is 3.94. The van der Waals surface area contributed by atoms with Gasteiger partial charge in [-0.3, -0.25) is 9.48 Å². The van der Waals surface area contributed by atoms with Crippen molar-refractivity contribution in [1.82, 2.24) is 9.78 Å². The van der Waals surface area contributed by atoms with Gasteiger partial charge in [0.15, 0.2) is 0 Å². The first-order chi connectivity index (χ1) is 6.13. The third-order valence-corrected chi connectivity index (χ3v) is 1.72. The molecule has 15 heavy (non-hydrogen) atoms. The van der Waals surface area contributed by atoms with Crippen LogP contribution in [0.4, 0.5) is 0 Å². The molecule has 0 amide bonds. The zero-order valence-corrected chi connectivity index (χ0v) is 10.2. The molecule has 0 saturated carbocycles. The zero-order chi connectivity index (χ0) is 9.84. The lowest BCUT2D eigenvalue weighted by Gasteiger charge is -2.06. The highest BCUT2D eigenvalue weighted by molar-refractivity contribution is 5.85. The lowest BCUT2D eigenvalue weighted by Crippen LogP contribution is -2.33. The Labute approximate surface area is 101 Å². The molecular formula is C8H15Cl2N3O2. The van der Waals surface area contributed by atoms with E-state index in [-0.39, 0.29) is 24.8 Å². The van der Waals surface area contributed by atoms with Crippen molar-refractivity contribution in [3.05, 3.63) is 18.0 Å². The van der Waals surface area contributed by atoms with E-state index in [9.17, 15) is 4.79 Å². The number of nitrogens with zero attached hydrogens (tertiary/aromatic N) is 2. The van der Waals surface area contributed by atoms with Crippen LogP contribution in [0.2, 0.25) is 0 Å². The molecule has 5 nitrogen and oxygen atoms in total. The summed E-state index contributed by atoms with van der Waals surface area (Å²) in [6.07, 6.45) is 3.96. The summed E-state index contributed by atoms with van der Waals surface area (Å²) in [4.78, 5) is 10.9. The number of ether oxygens (including phenoxy) is 1. The first-order valence-corrected chi connectivity index (χ1v) is 3.94. The molecule has 0 aliphatic rings. The van der Waals surface area contributed by atoms with E-state index < -0.39 is 12.0 Å². The van der Waals surface area contributed by atoms with E-state index in [0.717, 1.165) is 5.56 Å². The van der Waals surface area contributed by atoms with Gasteiger partial charge in [-0.2, -0.15) is 5.10 Å². The van der Waals surface area contributed by atoms with Crippen LogP contribution in [0.5, 0.6) is 0 Å². The number of methoxy groups -OCH3 is 1. The Hall–Kier alpha value is -0.780. The summed E-state index contributed by atoms with van der Waals surface area (Å²) in [5.41, 5.74) is 6.49. The minimum atomic E-state index is -0.603. The molecule has 0 aromatic carbocycles. The van der Waals surface area contributed by atoms with Crippen LogP contribution >= 0.6 is 24.8 Å². The fourth-order valence-corrected chi connectivity index (χ4v) is 1.07. The van der Waals surface area contributed by atoms with Gasteiger partial charge in [-0.1, -0.05) is 0 Å². The van der Waals surface area contributed by atoms with E-state index >= 15 is 0 Å². The highest BCUT2D eigenvalue weighted by Gasteiger charge is 2.14. The summed E-state index contributed by atoms with van der Waals surface area (Å²) in [6.45, 7) is 0. The molecule has 88 valence electrons. The lowest BCUT2D eigenvalue weighted by atomic mass is 10.1. The summed E-state index contributed by atoms with van der Waals surface area (Å²) in [7, 11) is 3.14. The van der Waals surface area contributed by atoms with E-state index in [0.29, 0.717) is 6.42 Å². The number of carbonyl (C=O) groups is 1. The Morgan fingerprint density at radius 1 is 1.67 bits per heavy atom. The maximum absolute atomic E-state index is 10.9. The van der Waals surface area contributed by atoms with E-state index in [1.54, 1.807) is 10.9 Å². The molecule has 0 aliphatic heterocycles. The van der Waals surface area contributed by atoms with Crippen LogP contribution in [0.25, 0.3) is 0 Å². The number of hydrogen-bond donors (Lipinski definition) is 1. The maximum atomic E-state index is 10.9. The van der Waals surface area contributed by atoms with Crippen LogP contribution in [0.15, 0.2) is 12.4 Å². The fourth-order valence-electron chi connectivity index (χ4n) is 1.07. The minimum Gasteiger partial charge on any atom is -0.468 e. The third kappa shape index (κ3) is 5.01. The van der Waals surface area contributed by atoms with Crippen molar-refractivity contribution in [2.24, 2.45) is 12.8 Å². The van der Waals surface area contributed by atoms with E-state index in [1.165, 1.54) is 7.11 Å². The predicted molar refractivity (Wildman–Crippen MR) is 61.4 cm³/mol. The van der Waals surface area contributed by atoms with E-state index in [1.807, 2.05) is 13.2 Å². The number of halogens is 2. The highest BCUT2D eigenvalue weighted by Crippen LogP contribution is 2.00. The number of aromatic nitrogens is 2. The molecule has 1 heterocycles. The lowest BCUT2D eigenvalue weighted by molar-refractivity contribution is -0.142. The smallest absolute Gasteiger partial charge is 0.322 e. The molecule has 7 heteroatoms. The average molecular weight is 256 g/mol. The van der Waals surface area contributed by atoms with Gasteiger partial charge >= 0.3 is 5.97 Å². The topological polar surface area (TPSA) is 70.1 Å². The van der Waals surface area contributed by atoms with Crippen molar-refractivity contribution < 1.29 is 9.53 Å². The van der Waals surface area contributed by atoms with Gasteiger partial charge in [0.25, 0.3) is 0 Å². The molecule has 1 rings (SSSR count). The summed E-state index contributed by atoms with van der Waals surface area (Å²) >= 11 is 0. The van der Waals surface area contributed by atoms with Crippen molar-refractivity contribution in [1.29, 1.82) is 0 Å². The number of esters is 1.